The molecule has 0 aliphatic heterocycles. The Balaban J connectivity index is 1.72. The number of esters is 1. The highest BCUT2D eigenvalue weighted by molar-refractivity contribution is 7.99. The molecule has 0 aliphatic rings. The lowest BCUT2D eigenvalue weighted by Gasteiger charge is -2.08. The van der Waals surface area contributed by atoms with Crippen molar-refractivity contribution in [1.82, 2.24) is 14.8 Å². The normalized spacial score (nSPS) is 10.9. The van der Waals surface area contributed by atoms with E-state index in [1.54, 1.807) is 19.3 Å². The summed E-state index contributed by atoms with van der Waals surface area (Å²) in [5.41, 5.74) is 1.25. The van der Waals surface area contributed by atoms with Crippen molar-refractivity contribution in [2.45, 2.75) is 45.8 Å². The quantitative estimate of drug-likeness (QED) is 0.379. The number of nitrogens with zero attached hydrogens (tertiary/aromatic N) is 3. The molecule has 1 N–H and O–H groups in total. The van der Waals surface area contributed by atoms with Gasteiger partial charge in [0.05, 0.1) is 24.2 Å². The number of ether oxygens (including phenoxy) is 1. The number of rotatable bonds is 9. The van der Waals surface area contributed by atoms with Crippen LogP contribution in [0.5, 0.6) is 0 Å². The summed E-state index contributed by atoms with van der Waals surface area (Å²) in [7, 11) is 0. The fourth-order valence-corrected chi connectivity index (χ4v) is 4.69. The van der Waals surface area contributed by atoms with Crippen molar-refractivity contribution >= 4 is 40.0 Å². The van der Waals surface area contributed by atoms with Gasteiger partial charge in [-0.3, -0.25) is 9.36 Å². The van der Waals surface area contributed by atoms with E-state index in [0.717, 1.165) is 16.9 Å². The molecule has 160 valence electrons. The molecule has 0 saturated heterocycles. The van der Waals surface area contributed by atoms with E-state index < -0.39 is 5.97 Å². The van der Waals surface area contributed by atoms with Gasteiger partial charge in [0.15, 0.2) is 16.7 Å². The first kappa shape index (κ1) is 22.1. The van der Waals surface area contributed by atoms with Crippen molar-refractivity contribution in [3.05, 3.63) is 34.4 Å². The number of nitrogens with one attached hydrogen (secondary N) is 1. The van der Waals surface area contributed by atoms with E-state index in [1.165, 1.54) is 23.1 Å². The van der Waals surface area contributed by atoms with Gasteiger partial charge in [0.1, 0.15) is 5.00 Å². The van der Waals surface area contributed by atoms with Crippen LogP contribution in [0, 0.1) is 13.8 Å². The molecule has 30 heavy (non-hydrogen) atoms. The van der Waals surface area contributed by atoms with E-state index in [4.69, 9.17) is 9.15 Å². The maximum Gasteiger partial charge on any atom is 0.341 e. The summed E-state index contributed by atoms with van der Waals surface area (Å²) in [4.78, 5) is 25.8. The van der Waals surface area contributed by atoms with Gasteiger partial charge in [-0.2, -0.15) is 0 Å². The molecule has 3 aromatic heterocycles. The Morgan fingerprint density at radius 3 is 2.77 bits per heavy atom. The standard InChI is InChI=1S/C20H24N4O4S2/c1-5-9-24-17(14-8-7-10-28-14)22-23-20(24)29-11-15(25)21-18-16(19(26)27-6-2)12(3)13(4)30-18/h7-8,10H,5-6,9,11H2,1-4H3,(H,21,25). The molecule has 0 radical (unpaired) electrons. The maximum absolute atomic E-state index is 12.6. The largest absolute Gasteiger partial charge is 0.462 e. The van der Waals surface area contributed by atoms with Crippen LogP contribution < -0.4 is 5.32 Å². The lowest BCUT2D eigenvalue weighted by Crippen LogP contribution is -2.17. The highest BCUT2D eigenvalue weighted by atomic mass is 32.2. The fourth-order valence-electron chi connectivity index (χ4n) is 2.87. The molecule has 0 aromatic carbocycles. The molecule has 0 fully saturated rings. The summed E-state index contributed by atoms with van der Waals surface area (Å²) < 4.78 is 12.5. The summed E-state index contributed by atoms with van der Waals surface area (Å²) >= 11 is 2.66. The van der Waals surface area contributed by atoms with E-state index in [9.17, 15) is 9.59 Å². The molecule has 3 aromatic rings. The molecular formula is C20H24N4O4S2. The molecule has 10 heteroatoms. The maximum atomic E-state index is 12.6. The first-order chi connectivity index (χ1) is 14.5. The van der Waals surface area contributed by atoms with E-state index in [-0.39, 0.29) is 18.3 Å². The highest BCUT2D eigenvalue weighted by Crippen LogP contribution is 2.33. The average Bonchev–Trinajstić information content (AvgIpc) is 3.41. The minimum Gasteiger partial charge on any atom is -0.462 e. The zero-order valence-electron chi connectivity index (χ0n) is 17.4. The molecule has 0 aliphatic carbocycles. The van der Waals surface area contributed by atoms with Crippen molar-refractivity contribution in [1.29, 1.82) is 0 Å². The van der Waals surface area contributed by atoms with Crippen LogP contribution in [0.15, 0.2) is 28.0 Å². The van der Waals surface area contributed by atoms with Crippen LogP contribution in [-0.4, -0.2) is 39.0 Å². The van der Waals surface area contributed by atoms with Gasteiger partial charge in [-0.25, -0.2) is 4.79 Å². The molecule has 3 heterocycles. The lowest BCUT2D eigenvalue weighted by atomic mass is 10.1. The van der Waals surface area contributed by atoms with E-state index in [0.29, 0.717) is 33.9 Å². The van der Waals surface area contributed by atoms with Gasteiger partial charge in [0, 0.05) is 11.4 Å². The Bertz CT molecular complexity index is 1020. The minimum absolute atomic E-state index is 0.137. The van der Waals surface area contributed by atoms with Crippen molar-refractivity contribution < 1.29 is 18.7 Å². The summed E-state index contributed by atoms with van der Waals surface area (Å²) in [6.45, 7) is 8.57. The van der Waals surface area contributed by atoms with Gasteiger partial charge in [-0.1, -0.05) is 18.7 Å². The number of thioether (sulfide) groups is 1. The van der Waals surface area contributed by atoms with Crippen molar-refractivity contribution in [3.63, 3.8) is 0 Å². The number of hydrogen-bond acceptors (Lipinski definition) is 8. The summed E-state index contributed by atoms with van der Waals surface area (Å²) in [5, 5.41) is 12.4. The number of carbonyl (C=O) groups excluding carboxylic acids is 2. The molecule has 0 spiro atoms. The number of carbonyl (C=O) groups is 2. The Kier molecular flexibility index (Phi) is 7.33. The topological polar surface area (TPSA) is 99.2 Å². The number of furan rings is 1. The second kappa shape index (κ2) is 9.94. The molecule has 3 rings (SSSR count). The Morgan fingerprint density at radius 1 is 1.30 bits per heavy atom. The molecule has 8 nitrogen and oxygen atoms in total. The van der Waals surface area contributed by atoms with Crippen molar-refractivity contribution in [2.75, 3.05) is 17.7 Å². The van der Waals surface area contributed by atoms with Gasteiger partial charge in [-0.15, -0.1) is 21.5 Å². The number of anilines is 1. The van der Waals surface area contributed by atoms with E-state index in [2.05, 4.69) is 22.4 Å². The third-order valence-corrected chi connectivity index (χ3v) is 6.45. The number of hydrogen-bond donors (Lipinski definition) is 1. The third kappa shape index (κ3) is 4.76. The second-order valence-electron chi connectivity index (χ2n) is 6.48. The van der Waals surface area contributed by atoms with Gasteiger partial charge >= 0.3 is 5.97 Å². The third-order valence-electron chi connectivity index (χ3n) is 4.36. The Hall–Kier alpha value is -2.59. The second-order valence-corrected chi connectivity index (χ2v) is 8.65. The van der Waals surface area contributed by atoms with Crippen molar-refractivity contribution in [3.8, 4) is 11.6 Å². The fraction of sp³-hybridized carbons (Fsp3) is 0.400. The first-order valence-corrected chi connectivity index (χ1v) is 11.4. The van der Waals surface area contributed by atoms with Crippen LogP contribution in [0.25, 0.3) is 11.6 Å². The molecular weight excluding hydrogens is 424 g/mol. The zero-order chi connectivity index (χ0) is 21.7. The summed E-state index contributed by atoms with van der Waals surface area (Å²) in [6, 6.07) is 3.63. The highest BCUT2D eigenvalue weighted by Gasteiger charge is 2.23. The van der Waals surface area contributed by atoms with Gasteiger partial charge < -0.3 is 14.5 Å². The SMILES string of the molecule is CCCn1c(SCC(=O)Nc2sc(C)c(C)c2C(=O)OCC)nnc1-c1ccco1. The first-order valence-electron chi connectivity index (χ1n) is 9.63. The molecule has 0 atom stereocenters. The van der Waals surface area contributed by atoms with Gasteiger partial charge in [-0.05, 0) is 44.9 Å². The predicted octanol–water partition coefficient (Wildman–Crippen LogP) is 4.53. The minimum atomic E-state index is -0.423. The lowest BCUT2D eigenvalue weighted by molar-refractivity contribution is -0.113. The van der Waals surface area contributed by atoms with Crippen LogP contribution in [0.4, 0.5) is 5.00 Å². The van der Waals surface area contributed by atoms with E-state index >= 15 is 0 Å². The van der Waals surface area contributed by atoms with Crippen molar-refractivity contribution in [2.24, 2.45) is 0 Å². The van der Waals surface area contributed by atoms with Gasteiger partial charge in [0.25, 0.3) is 0 Å². The molecule has 0 bridgehead atoms. The summed E-state index contributed by atoms with van der Waals surface area (Å²) in [5.74, 6) is 0.762. The van der Waals surface area contributed by atoms with Crippen LogP contribution in [0.2, 0.25) is 0 Å². The number of aromatic nitrogens is 3. The molecule has 0 unspecified atom stereocenters. The zero-order valence-corrected chi connectivity index (χ0v) is 19.0. The number of amides is 1. The van der Waals surface area contributed by atoms with E-state index in [1.807, 2.05) is 24.5 Å². The monoisotopic (exact) mass is 448 g/mol. The van der Waals surface area contributed by atoms with Crippen LogP contribution >= 0.6 is 23.1 Å². The van der Waals surface area contributed by atoms with Gasteiger partial charge in [0.2, 0.25) is 5.91 Å². The summed E-state index contributed by atoms with van der Waals surface area (Å²) in [6.07, 6.45) is 2.48. The number of thiophene rings is 1. The van der Waals surface area contributed by atoms with Crippen LogP contribution in [0.1, 0.15) is 41.1 Å². The van der Waals surface area contributed by atoms with Crippen LogP contribution in [-0.2, 0) is 16.1 Å². The average molecular weight is 449 g/mol. The smallest absolute Gasteiger partial charge is 0.341 e. The van der Waals surface area contributed by atoms with Crippen LogP contribution in [0.3, 0.4) is 0 Å². The Morgan fingerprint density at radius 2 is 2.10 bits per heavy atom. The molecule has 0 saturated carbocycles. The number of aryl methyl sites for hydroxylation is 1. The Labute approximate surface area is 183 Å². The predicted molar refractivity (Wildman–Crippen MR) is 117 cm³/mol. The molecule has 1 amide bonds.